The highest BCUT2D eigenvalue weighted by Gasteiger charge is 2.08. The number of hydrogen-bond donors (Lipinski definition) is 0. The van der Waals surface area contributed by atoms with E-state index in [0.29, 0.717) is 5.56 Å². The molecule has 0 saturated heterocycles. The number of nitrogens with zero attached hydrogens (tertiary/aromatic N) is 1. The first-order valence-electron chi connectivity index (χ1n) is 2.94. The third kappa shape index (κ3) is 1.70. The molecule has 2 nitrogen and oxygen atoms in total. The largest absolute Gasteiger partial charge is 0.294 e. The van der Waals surface area contributed by atoms with Crippen LogP contribution in [0, 0.1) is 0 Å². The molecule has 0 aliphatic heterocycles. The predicted octanol–water partition coefficient (Wildman–Crippen LogP) is 2.59. The monoisotopic (exact) mass is 189 g/mol. The van der Waals surface area contributed by atoms with Gasteiger partial charge in [-0.25, -0.2) is 4.98 Å². The summed E-state index contributed by atoms with van der Waals surface area (Å²) in [6.45, 7) is 1.43. The fourth-order valence-corrected chi connectivity index (χ4v) is 1.09. The summed E-state index contributed by atoms with van der Waals surface area (Å²) in [7, 11) is 0. The third-order valence-electron chi connectivity index (χ3n) is 1.23. The highest BCUT2D eigenvalue weighted by atomic mass is 35.5. The summed E-state index contributed by atoms with van der Waals surface area (Å²) in [5.74, 6) is -0.112. The summed E-state index contributed by atoms with van der Waals surface area (Å²) < 4.78 is 0. The average molecular weight is 190 g/mol. The molecule has 0 aromatic carbocycles. The van der Waals surface area contributed by atoms with Crippen LogP contribution in [0.1, 0.15) is 17.3 Å². The second kappa shape index (κ2) is 3.20. The molecule has 1 heterocycles. The first-order valence-corrected chi connectivity index (χ1v) is 3.69. The van der Waals surface area contributed by atoms with Gasteiger partial charge in [0.25, 0.3) is 0 Å². The number of hydrogen-bond acceptors (Lipinski definition) is 2. The van der Waals surface area contributed by atoms with Crippen molar-refractivity contribution in [3.63, 3.8) is 0 Å². The van der Waals surface area contributed by atoms with Crippen LogP contribution in [0.15, 0.2) is 12.3 Å². The smallest absolute Gasteiger partial charge is 0.161 e. The van der Waals surface area contributed by atoms with E-state index in [2.05, 4.69) is 4.98 Å². The second-order valence-electron chi connectivity index (χ2n) is 2.02. The van der Waals surface area contributed by atoms with E-state index in [-0.39, 0.29) is 16.0 Å². The predicted molar refractivity (Wildman–Crippen MR) is 44.3 cm³/mol. The van der Waals surface area contributed by atoms with E-state index in [1.54, 1.807) is 0 Å². The molecule has 0 N–H and O–H groups in total. The van der Waals surface area contributed by atoms with Crippen molar-refractivity contribution in [3.05, 3.63) is 28.0 Å². The van der Waals surface area contributed by atoms with Gasteiger partial charge in [-0.05, 0) is 13.0 Å². The molecular formula is C7H5Cl2NO. The van der Waals surface area contributed by atoms with Crippen molar-refractivity contribution in [2.24, 2.45) is 0 Å². The van der Waals surface area contributed by atoms with E-state index in [1.807, 2.05) is 0 Å². The summed E-state index contributed by atoms with van der Waals surface area (Å²) in [6.07, 6.45) is 1.45. The maximum absolute atomic E-state index is 10.8. The molecular weight excluding hydrogens is 185 g/mol. The van der Waals surface area contributed by atoms with Crippen LogP contribution in [0.5, 0.6) is 0 Å². The minimum atomic E-state index is -0.112. The molecule has 11 heavy (non-hydrogen) atoms. The van der Waals surface area contributed by atoms with Crippen LogP contribution in [0.3, 0.4) is 0 Å². The van der Waals surface area contributed by atoms with Gasteiger partial charge in [0.1, 0.15) is 5.15 Å². The molecule has 0 aliphatic carbocycles. The normalized spacial score (nSPS) is 9.73. The summed E-state index contributed by atoms with van der Waals surface area (Å²) in [5.41, 5.74) is 0.409. The van der Waals surface area contributed by atoms with Gasteiger partial charge in [0, 0.05) is 11.8 Å². The molecule has 0 aliphatic rings. The lowest BCUT2D eigenvalue weighted by atomic mass is 10.2. The van der Waals surface area contributed by atoms with Gasteiger partial charge in [-0.1, -0.05) is 23.2 Å². The van der Waals surface area contributed by atoms with Crippen molar-refractivity contribution >= 4 is 29.0 Å². The van der Waals surface area contributed by atoms with E-state index >= 15 is 0 Å². The van der Waals surface area contributed by atoms with Crippen LogP contribution in [0.4, 0.5) is 0 Å². The quantitative estimate of drug-likeness (QED) is 0.503. The van der Waals surface area contributed by atoms with E-state index in [0.717, 1.165) is 0 Å². The number of pyridine rings is 1. The number of carbonyl (C=O) groups is 1. The lowest BCUT2D eigenvalue weighted by Gasteiger charge is -1.98. The Kier molecular flexibility index (Phi) is 2.47. The average Bonchev–Trinajstić information content (AvgIpc) is 1.94. The Morgan fingerprint density at radius 1 is 1.55 bits per heavy atom. The molecule has 1 aromatic rings. The third-order valence-corrected chi connectivity index (χ3v) is 1.99. The summed E-state index contributed by atoms with van der Waals surface area (Å²) in [4.78, 5) is 14.6. The van der Waals surface area contributed by atoms with Gasteiger partial charge in [-0.3, -0.25) is 4.79 Å². The van der Waals surface area contributed by atoms with E-state index in [4.69, 9.17) is 23.2 Å². The first-order chi connectivity index (χ1) is 5.13. The molecule has 0 atom stereocenters. The standard InChI is InChI=1S/C7H5Cl2NO/c1-4(11)5-2-3-10-7(9)6(5)8/h2-3H,1H3. The van der Waals surface area contributed by atoms with E-state index in [9.17, 15) is 4.79 Å². The Morgan fingerprint density at radius 3 is 2.64 bits per heavy atom. The van der Waals surface area contributed by atoms with Gasteiger partial charge in [0.05, 0.1) is 5.02 Å². The second-order valence-corrected chi connectivity index (χ2v) is 2.76. The van der Waals surface area contributed by atoms with Gasteiger partial charge < -0.3 is 0 Å². The first kappa shape index (κ1) is 8.50. The number of rotatable bonds is 1. The van der Waals surface area contributed by atoms with Crippen molar-refractivity contribution in [3.8, 4) is 0 Å². The fourth-order valence-electron chi connectivity index (χ4n) is 0.690. The highest BCUT2D eigenvalue weighted by Crippen LogP contribution is 2.23. The van der Waals surface area contributed by atoms with Crippen molar-refractivity contribution < 1.29 is 4.79 Å². The lowest BCUT2D eigenvalue weighted by Crippen LogP contribution is -1.94. The van der Waals surface area contributed by atoms with Gasteiger partial charge in [0.2, 0.25) is 0 Å². The zero-order valence-corrected chi connectivity index (χ0v) is 7.28. The Labute approximate surface area is 74.1 Å². The molecule has 58 valence electrons. The topological polar surface area (TPSA) is 30.0 Å². The molecule has 0 spiro atoms. The summed E-state index contributed by atoms with van der Waals surface area (Å²) in [6, 6.07) is 1.54. The van der Waals surface area contributed by atoms with Crippen molar-refractivity contribution in [2.45, 2.75) is 6.92 Å². The van der Waals surface area contributed by atoms with Crippen LogP contribution in [0.2, 0.25) is 10.2 Å². The molecule has 0 unspecified atom stereocenters. The zero-order valence-electron chi connectivity index (χ0n) is 5.77. The molecule has 0 amide bonds. The van der Waals surface area contributed by atoms with Crippen LogP contribution < -0.4 is 0 Å². The molecule has 0 radical (unpaired) electrons. The molecule has 4 heteroatoms. The fraction of sp³-hybridized carbons (Fsp3) is 0.143. The van der Waals surface area contributed by atoms with Crippen molar-refractivity contribution in [1.29, 1.82) is 0 Å². The van der Waals surface area contributed by atoms with Crippen LogP contribution in [-0.4, -0.2) is 10.8 Å². The zero-order chi connectivity index (χ0) is 8.43. The molecule has 1 rings (SSSR count). The minimum Gasteiger partial charge on any atom is -0.294 e. The SMILES string of the molecule is CC(=O)c1ccnc(Cl)c1Cl. The van der Waals surface area contributed by atoms with Gasteiger partial charge in [0.15, 0.2) is 5.78 Å². The number of carbonyl (C=O) groups excluding carboxylic acids is 1. The maximum atomic E-state index is 10.8. The van der Waals surface area contributed by atoms with Crippen molar-refractivity contribution in [2.75, 3.05) is 0 Å². The minimum absolute atomic E-state index is 0.112. The molecule has 0 saturated carbocycles. The number of Topliss-reactive ketones (excluding diaryl/α,β-unsaturated/α-hetero) is 1. The van der Waals surface area contributed by atoms with Crippen molar-refractivity contribution in [1.82, 2.24) is 4.98 Å². The van der Waals surface area contributed by atoms with Crippen LogP contribution >= 0.6 is 23.2 Å². The number of ketones is 1. The summed E-state index contributed by atoms with van der Waals surface area (Å²) in [5, 5.41) is 0.390. The Hall–Kier alpha value is -0.600. The molecule has 0 bridgehead atoms. The van der Waals surface area contributed by atoms with Crippen LogP contribution in [0.25, 0.3) is 0 Å². The van der Waals surface area contributed by atoms with E-state index in [1.165, 1.54) is 19.2 Å². The van der Waals surface area contributed by atoms with Gasteiger partial charge >= 0.3 is 0 Å². The Bertz CT molecular complexity index is 298. The molecule has 0 fully saturated rings. The van der Waals surface area contributed by atoms with Gasteiger partial charge in [-0.15, -0.1) is 0 Å². The van der Waals surface area contributed by atoms with Gasteiger partial charge in [-0.2, -0.15) is 0 Å². The Balaban J connectivity index is 3.27. The number of halogens is 2. The Morgan fingerprint density at radius 2 is 2.18 bits per heavy atom. The van der Waals surface area contributed by atoms with Crippen LogP contribution in [-0.2, 0) is 0 Å². The molecule has 1 aromatic heterocycles. The maximum Gasteiger partial charge on any atom is 0.161 e. The van der Waals surface area contributed by atoms with E-state index < -0.39 is 0 Å². The number of aromatic nitrogens is 1. The summed E-state index contributed by atoms with van der Waals surface area (Å²) >= 11 is 11.2. The lowest BCUT2D eigenvalue weighted by molar-refractivity contribution is 0.101. The highest BCUT2D eigenvalue weighted by molar-refractivity contribution is 6.43.